The summed E-state index contributed by atoms with van der Waals surface area (Å²) in [5.74, 6) is -1.99. The zero-order chi connectivity index (χ0) is 14.8. The molecule has 0 saturated carbocycles. The summed E-state index contributed by atoms with van der Waals surface area (Å²) in [5.41, 5.74) is 0. The number of nitrogens with one attached hydrogen (secondary N) is 1. The summed E-state index contributed by atoms with van der Waals surface area (Å²) in [6.45, 7) is 0.0824. The smallest absolute Gasteiger partial charge is 0.244 e. The lowest BCUT2D eigenvalue weighted by Gasteiger charge is -2.09. The Morgan fingerprint density at radius 2 is 2.10 bits per heavy atom. The summed E-state index contributed by atoms with van der Waals surface area (Å²) in [7, 11) is -4.05. The van der Waals surface area contributed by atoms with Gasteiger partial charge in [-0.25, -0.2) is 26.9 Å². The number of halogens is 3. The molecule has 20 heavy (non-hydrogen) atoms. The van der Waals surface area contributed by atoms with Gasteiger partial charge in [0, 0.05) is 35.1 Å². The molecule has 0 unspecified atom stereocenters. The predicted octanol–water partition coefficient (Wildman–Crippen LogP) is 2.70. The topological polar surface area (TPSA) is 59.1 Å². The second kappa shape index (κ2) is 6.25. The predicted molar refractivity (Wildman–Crippen MR) is 75.1 cm³/mol. The highest BCUT2D eigenvalue weighted by molar-refractivity contribution is 9.10. The van der Waals surface area contributed by atoms with Crippen molar-refractivity contribution in [1.29, 1.82) is 0 Å². The molecule has 1 N–H and O–H groups in total. The van der Waals surface area contributed by atoms with Crippen LogP contribution in [0.5, 0.6) is 0 Å². The molecule has 1 heterocycles. The molecule has 9 heteroatoms. The monoisotopic (exact) mass is 382 g/mol. The number of sulfonamides is 1. The Morgan fingerprint density at radius 1 is 1.35 bits per heavy atom. The van der Waals surface area contributed by atoms with Gasteiger partial charge in [0.15, 0.2) is 0 Å². The molecule has 1 aromatic heterocycles. The highest BCUT2D eigenvalue weighted by Crippen LogP contribution is 2.26. The molecule has 2 rings (SSSR count). The molecule has 0 aliphatic carbocycles. The van der Waals surface area contributed by atoms with Gasteiger partial charge in [0.1, 0.15) is 16.5 Å². The zero-order valence-corrected chi connectivity index (χ0v) is 13.2. The first-order chi connectivity index (χ1) is 9.40. The first kappa shape index (κ1) is 15.5. The van der Waals surface area contributed by atoms with Crippen molar-refractivity contribution >= 4 is 37.3 Å². The van der Waals surface area contributed by atoms with E-state index in [2.05, 4.69) is 25.6 Å². The van der Waals surface area contributed by atoms with E-state index in [1.54, 1.807) is 11.6 Å². The average molecular weight is 383 g/mol. The van der Waals surface area contributed by atoms with Crippen LogP contribution in [-0.4, -0.2) is 19.9 Å². The number of aromatic nitrogens is 1. The maximum Gasteiger partial charge on any atom is 0.244 e. The van der Waals surface area contributed by atoms with Crippen molar-refractivity contribution in [2.24, 2.45) is 0 Å². The van der Waals surface area contributed by atoms with E-state index < -0.39 is 26.6 Å². The van der Waals surface area contributed by atoms with Gasteiger partial charge in [-0.2, -0.15) is 0 Å². The van der Waals surface area contributed by atoms with Gasteiger partial charge >= 0.3 is 0 Å². The van der Waals surface area contributed by atoms with Crippen LogP contribution in [0.2, 0.25) is 0 Å². The molecule has 1 aromatic carbocycles. The molecule has 0 aliphatic rings. The fraction of sp³-hybridized carbons (Fsp3) is 0.182. The Kier molecular flexibility index (Phi) is 4.84. The fourth-order valence-electron chi connectivity index (χ4n) is 1.53. The average Bonchev–Trinajstić information content (AvgIpc) is 2.79. The van der Waals surface area contributed by atoms with E-state index in [0.717, 1.165) is 11.1 Å². The van der Waals surface area contributed by atoms with Gasteiger partial charge in [0.05, 0.1) is 5.01 Å². The van der Waals surface area contributed by atoms with Crippen molar-refractivity contribution in [3.8, 4) is 0 Å². The summed E-state index contributed by atoms with van der Waals surface area (Å²) in [4.78, 5) is 3.41. The molecule has 0 radical (unpaired) electrons. The summed E-state index contributed by atoms with van der Waals surface area (Å²) in [6.07, 6.45) is 2.02. The van der Waals surface area contributed by atoms with E-state index in [0.29, 0.717) is 12.5 Å². The Bertz CT molecular complexity index is 682. The number of hydrogen-bond acceptors (Lipinski definition) is 4. The maximum atomic E-state index is 13.6. The lowest BCUT2D eigenvalue weighted by molar-refractivity contribution is 0.541. The van der Waals surface area contributed by atoms with Gasteiger partial charge in [-0.05, 0) is 22.0 Å². The Hall–Kier alpha value is -0.900. The van der Waals surface area contributed by atoms with Crippen LogP contribution in [-0.2, 0) is 16.4 Å². The summed E-state index contributed by atoms with van der Waals surface area (Å²) >= 11 is 4.25. The molecular formula is C11H9BrF2N2O2S2. The van der Waals surface area contributed by atoms with Crippen LogP contribution in [0.25, 0.3) is 0 Å². The first-order valence-electron chi connectivity index (χ1n) is 5.43. The SMILES string of the molecule is O=S(=O)(NCCc1nccs1)c1c(F)cc(F)cc1Br. The number of hydrogen-bond donors (Lipinski definition) is 1. The molecule has 0 amide bonds. The van der Waals surface area contributed by atoms with E-state index >= 15 is 0 Å². The zero-order valence-electron chi connectivity index (χ0n) is 9.94. The molecule has 0 spiro atoms. The van der Waals surface area contributed by atoms with Crippen LogP contribution >= 0.6 is 27.3 Å². The minimum absolute atomic E-state index is 0.0824. The molecule has 0 atom stereocenters. The van der Waals surface area contributed by atoms with Crippen LogP contribution in [0.1, 0.15) is 5.01 Å². The van der Waals surface area contributed by atoms with Crippen molar-refractivity contribution in [2.45, 2.75) is 11.3 Å². The lowest BCUT2D eigenvalue weighted by Crippen LogP contribution is -2.27. The van der Waals surface area contributed by atoms with Gasteiger partial charge in [-0.3, -0.25) is 0 Å². The molecule has 108 valence electrons. The number of rotatable bonds is 5. The van der Waals surface area contributed by atoms with E-state index in [-0.39, 0.29) is 11.0 Å². The standard InChI is InChI=1S/C11H9BrF2N2O2S2/c12-8-5-7(13)6-9(14)11(8)20(17,18)16-2-1-10-15-3-4-19-10/h3-6,16H,1-2H2. The molecular weight excluding hydrogens is 374 g/mol. The second-order valence-electron chi connectivity index (χ2n) is 3.77. The fourth-order valence-corrected chi connectivity index (χ4v) is 4.34. The van der Waals surface area contributed by atoms with Gasteiger partial charge in [0.25, 0.3) is 0 Å². The normalized spacial score (nSPS) is 11.8. The van der Waals surface area contributed by atoms with Crippen molar-refractivity contribution in [3.63, 3.8) is 0 Å². The van der Waals surface area contributed by atoms with Gasteiger partial charge in [-0.1, -0.05) is 0 Å². The lowest BCUT2D eigenvalue weighted by atomic mass is 10.3. The third kappa shape index (κ3) is 3.60. The Labute approximate surface area is 127 Å². The minimum atomic E-state index is -4.05. The highest BCUT2D eigenvalue weighted by Gasteiger charge is 2.23. The van der Waals surface area contributed by atoms with E-state index in [9.17, 15) is 17.2 Å². The van der Waals surface area contributed by atoms with Crippen molar-refractivity contribution in [1.82, 2.24) is 9.71 Å². The Morgan fingerprint density at radius 3 is 2.70 bits per heavy atom. The largest absolute Gasteiger partial charge is 0.250 e. The van der Waals surface area contributed by atoms with Gasteiger partial charge < -0.3 is 0 Å². The van der Waals surface area contributed by atoms with E-state index in [1.807, 2.05) is 0 Å². The highest BCUT2D eigenvalue weighted by atomic mass is 79.9. The quantitative estimate of drug-likeness (QED) is 0.864. The molecule has 0 fully saturated rings. The molecule has 0 aliphatic heterocycles. The third-order valence-corrected chi connectivity index (χ3v) is 5.61. The van der Waals surface area contributed by atoms with Crippen LogP contribution in [0.15, 0.2) is 33.1 Å². The Balaban J connectivity index is 2.14. The minimum Gasteiger partial charge on any atom is -0.250 e. The van der Waals surface area contributed by atoms with Crippen LogP contribution < -0.4 is 4.72 Å². The molecule has 0 saturated heterocycles. The van der Waals surface area contributed by atoms with Gasteiger partial charge in [0.2, 0.25) is 10.0 Å². The first-order valence-corrected chi connectivity index (χ1v) is 8.58. The van der Waals surface area contributed by atoms with Crippen molar-refractivity contribution in [3.05, 3.63) is 44.8 Å². The third-order valence-electron chi connectivity index (χ3n) is 2.35. The second-order valence-corrected chi connectivity index (χ2v) is 7.31. The molecule has 0 bridgehead atoms. The van der Waals surface area contributed by atoms with Crippen molar-refractivity contribution < 1.29 is 17.2 Å². The van der Waals surface area contributed by atoms with E-state index in [1.165, 1.54) is 11.3 Å². The summed E-state index contributed by atoms with van der Waals surface area (Å²) < 4.78 is 52.6. The number of nitrogens with zero attached hydrogens (tertiary/aromatic N) is 1. The number of thiazole rings is 1. The molecule has 2 aromatic rings. The van der Waals surface area contributed by atoms with E-state index in [4.69, 9.17) is 0 Å². The number of benzene rings is 1. The van der Waals surface area contributed by atoms with Crippen molar-refractivity contribution in [2.75, 3.05) is 6.54 Å². The van der Waals surface area contributed by atoms with Gasteiger partial charge in [-0.15, -0.1) is 11.3 Å². The maximum absolute atomic E-state index is 13.6. The van der Waals surface area contributed by atoms with Crippen LogP contribution in [0, 0.1) is 11.6 Å². The van der Waals surface area contributed by atoms with Crippen LogP contribution in [0.4, 0.5) is 8.78 Å². The molecule has 4 nitrogen and oxygen atoms in total. The van der Waals surface area contributed by atoms with Crippen LogP contribution in [0.3, 0.4) is 0 Å². The summed E-state index contributed by atoms with van der Waals surface area (Å²) in [6, 6.07) is 1.43. The summed E-state index contributed by atoms with van der Waals surface area (Å²) in [5, 5.41) is 2.55.